The summed E-state index contributed by atoms with van der Waals surface area (Å²) >= 11 is 3.44. The molecule has 1 aromatic heterocycles. The van der Waals surface area contributed by atoms with Crippen molar-refractivity contribution in [2.45, 2.75) is 18.4 Å². The molecule has 4 nitrogen and oxygen atoms in total. The Kier molecular flexibility index (Phi) is 4.09. The van der Waals surface area contributed by atoms with Gasteiger partial charge in [0.25, 0.3) is 5.91 Å². The molecule has 0 radical (unpaired) electrons. The molecule has 1 fully saturated rings. The number of benzene rings is 2. The van der Waals surface area contributed by atoms with Crippen molar-refractivity contribution >= 4 is 21.8 Å². The highest BCUT2D eigenvalue weighted by Crippen LogP contribution is 2.45. The zero-order chi connectivity index (χ0) is 17.3. The van der Waals surface area contributed by atoms with Crippen molar-refractivity contribution in [1.82, 2.24) is 15.3 Å². The fourth-order valence-electron chi connectivity index (χ4n) is 2.85. The quantitative estimate of drug-likeness (QED) is 0.717. The lowest BCUT2D eigenvalue weighted by Gasteiger charge is -2.18. The molecule has 25 heavy (non-hydrogen) atoms. The Morgan fingerprint density at radius 2 is 1.60 bits per heavy atom. The van der Waals surface area contributed by atoms with E-state index in [2.05, 4.69) is 31.2 Å². The average Bonchev–Trinajstić information content (AvgIpc) is 3.43. The number of halogens is 1. The van der Waals surface area contributed by atoms with Gasteiger partial charge in [-0.2, -0.15) is 0 Å². The van der Waals surface area contributed by atoms with Gasteiger partial charge in [-0.05, 0) is 30.5 Å². The number of aromatic nitrogens is 2. The van der Waals surface area contributed by atoms with E-state index in [1.807, 2.05) is 54.6 Å². The highest BCUT2D eigenvalue weighted by Gasteiger charge is 2.45. The first kappa shape index (κ1) is 16.0. The summed E-state index contributed by atoms with van der Waals surface area (Å²) in [4.78, 5) is 21.2. The van der Waals surface area contributed by atoms with Gasteiger partial charge < -0.3 is 5.32 Å². The van der Waals surface area contributed by atoms with E-state index in [0.717, 1.165) is 28.4 Å². The van der Waals surface area contributed by atoms with Crippen molar-refractivity contribution in [1.29, 1.82) is 0 Å². The number of rotatable bonds is 4. The van der Waals surface area contributed by atoms with E-state index >= 15 is 0 Å². The number of nitrogens with one attached hydrogen (secondary N) is 1. The first-order valence-electron chi connectivity index (χ1n) is 8.12. The van der Waals surface area contributed by atoms with Crippen LogP contribution in [-0.2, 0) is 5.54 Å². The van der Waals surface area contributed by atoms with Crippen molar-refractivity contribution in [3.8, 4) is 11.4 Å². The molecule has 5 heteroatoms. The van der Waals surface area contributed by atoms with Gasteiger partial charge in [0.15, 0.2) is 5.82 Å². The molecular weight excluding hydrogens is 378 g/mol. The van der Waals surface area contributed by atoms with Crippen LogP contribution < -0.4 is 5.32 Å². The number of carbonyl (C=O) groups excluding carboxylic acids is 1. The van der Waals surface area contributed by atoms with Gasteiger partial charge >= 0.3 is 0 Å². The van der Waals surface area contributed by atoms with Crippen LogP contribution in [0.2, 0.25) is 0 Å². The third kappa shape index (κ3) is 3.33. The molecule has 0 unspecified atom stereocenters. The van der Waals surface area contributed by atoms with Crippen LogP contribution in [0.4, 0.5) is 0 Å². The van der Waals surface area contributed by atoms with Gasteiger partial charge in [-0.3, -0.25) is 4.79 Å². The van der Waals surface area contributed by atoms with E-state index in [-0.39, 0.29) is 11.4 Å². The highest BCUT2D eigenvalue weighted by atomic mass is 79.9. The SMILES string of the molecule is O=C(NC1(c2ccc(Br)cc2)CC1)c1cnc(-c2ccccc2)nc1. The zero-order valence-electron chi connectivity index (χ0n) is 13.4. The molecule has 0 spiro atoms. The summed E-state index contributed by atoms with van der Waals surface area (Å²) in [7, 11) is 0. The van der Waals surface area contributed by atoms with Gasteiger partial charge in [-0.1, -0.05) is 58.4 Å². The lowest BCUT2D eigenvalue weighted by atomic mass is 10.0. The Morgan fingerprint density at radius 3 is 2.20 bits per heavy atom. The smallest absolute Gasteiger partial charge is 0.255 e. The van der Waals surface area contributed by atoms with Gasteiger partial charge in [-0.15, -0.1) is 0 Å². The lowest BCUT2D eigenvalue weighted by Crippen LogP contribution is -2.35. The topological polar surface area (TPSA) is 54.9 Å². The molecule has 2 aromatic carbocycles. The number of hydrogen-bond donors (Lipinski definition) is 1. The Labute approximate surface area is 154 Å². The van der Waals surface area contributed by atoms with Crippen LogP contribution in [0.25, 0.3) is 11.4 Å². The summed E-state index contributed by atoms with van der Waals surface area (Å²) < 4.78 is 1.03. The van der Waals surface area contributed by atoms with Crippen molar-refractivity contribution in [2.24, 2.45) is 0 Å². The third-order valence-electron chi connectivity index (χ3n) is 4.45. The number of amides is 1. The molecule has 0 aliphatic heterocycles. The summed E-state index contributed by atoms with van der Waals surface area (Å²) in [6.45, 7) is 0. The van der Waals surface area contributed by atoms with Crippen molar-refractivity contribution in [2.75, 3.05) is 0 Å². The van der Waals surface area contributed by atoms with Crippen LogP contribution in [0.5, 0.6) is 0 Å². The predicted octanol–water partition coefficient (Wildman–Crippen LogP) is 4.33. The molecule has 1 aliphatic rings. The predicted molar refractivity (Wildman–Crippen MR) is 100.0 cm³/mol. The summed E-state index contributed by atoms with van der Waals surface area (Å²) in [6.07, 6.45) is 5.07. The van der Waals surface area contributed by atoms with E-state index in [9.17, 15) is 4.79 Å². The second-order valence-corrected chi connectivity index (χ2v) is 7.12. The van der Waals surface area contributed by atoms with E-state index < -0.39 is 0 Å². The molecule has 0 atom stereocenters. The largest absolute Gasteiger partial charge is 0.342 e. The fourth-order valence-corrected chi connectivity index (χ4v) is 3.12. The molecule has 1 heterocycles. The van der Waals surface area contributed by atoms with Crippen LogP contribution in [0.1, 0.15) is 28.8 Å². The van der Waals surface area contributed by atoms with Crippen LogP contribution in [0, 0.1) is 0 Å². The maximum absolute atomic E-state index is 12.6. The number of hydrogen-bond acceptors (Lipinski definition) is 3. The molecule has 3 aromatic rings. The van der Waals surface area contributed by atoms with Gasteiger partial charge in [0.1, 0.15) is 0 Å². The molecule has 1 aliphatic carbocycles. The molecule has 0 bridgehead atoms. The Morgan fingerprint density at radius 1 is 0.960 bits per heavy atom. The Bertz CT molecular complexity index is 888. The van der Waals surface area contributed by atoms with Gasteiger partial charge in [0.05, 0.1) is 11.1 Å². The third-order valence-corrected chi connectivity index (χ3v) is 4.97. The normalized spacial score (nSPS) is 14.8. The van der Waals surface area contributed by atoms with Crippen LogP contribution in [0.3, 0.4) is 0 Å². The van der Waals surface area contributed by atoms with Gasteiger partial charge in [0.2, 0.25) is 0 Å². The van der Waals surface area contributed by atoms with E-state index in [0.29, 0.717) is 11.4 Å². The van der Waals surface area contributed by atoms with Crippen LogP contribution in [0.15, 0.2) is 71.5 Å². The maximum atomic E-state index is 12.6. The first-order chi connectivity index (χ1) is 12.2. The lowest BCUT2D eigenvalue weighted by molar-refractivity contribution is 0.0930. The summed E-state index contributed by atoms with van der Waals surface area (Å²) in [5, 5.41) is 3.14. The van der Waals surface area contributed by atoms with Crippen molar-refractivity contribution in [3.05, 3.63) is 82.6 Å². The van der Waals surface area contributed by atoms with Crippen LogP contribution in [-0.4, -0.2) is 15.9 Å². The van der Waals surface area contributed by atoms with Gasteiger partial charge in [0, 0.05) is 22.4 Å². The number of carbonyl (C=O) groups is 1. The zero-order valence-corrected chi connectivity index (χ0v) is 15.0. The van der Waals surface area contributed by atoms with Crippen molar-refractivity contribution < 1.29 is 4.79 Å². The van der Waals surface area contributed by atoms with Crippen molar-refractivity contribution in [3.63, 3.8) is 0 Å². The summed E-state index contributed by atoms with van der Waals surface area (Å²) in [5.74, 6) is 0.478. The molecule has 0 saturated heterocycles. The van der Waals surface area contributed by atoms with Crippen LogP contribution >= 0.6 is 15.9 Å². The Balaban J connectivity index is 1.51. The monoisotopic (exact) mass is 393 g/mol. The minimum absolute atomic E-state index is 0.139. The molecule has 1 amide bonds. The fraction of sp³-hybridized carbons (Fsp3) is 0.150. The minimum atomic E-state index is -0.254. The van der Waals surface area contributed by atoms with E-state index in [4.69, 9.17) is 0 Å². The summed E-state index contributed by atoms with van der Waals surface area (Å²) in [5.41, 5.74) is 2.28. The standard InChI is InChI=1S/C20H16BrN3O/c21-17-8-6-16(7-9-17)20(10-11-20)24-19(25)15-12-22-18(23-13-15)14-4-2-1-3-5-14/h1-9,12-13H,10-11H2,(H,24,25). The maximum Gasteiger partial charge on any atom is 0.255 e. The molecule has 4 rings (SSSR count). The number of nitrogens with zero attached hydrogens (tertiary/aromatic N) is 2. The van der Waals surface area contributed by atoms with Gasteiger partial charge in [-0.25, -0.2) is 9.97 Å². The molecule has 1 N–H and O–H groups in total. The molecule has 124 valence electrons. The summed E-state index contributed by atoms with van der Waals surface area (Å²) in [6, 6.07) is 17.8. The second-order valence-electron chi connectivity index (χ2n) is 6.20. The van der Waals surface area contributed by atoms with E-state index in [1.54, 1.807) is 12.4 Å². The van der Waals surface area contributed by atoms with E-state index in [1.165, 1.54) is 0 Å². The molecule has 1 saturated carbocycles. The second kappa shape index (κ2) is 6.41. The first-order valence-corrected chi connectivity index (χ1v) is 8.92. The molecular formula is C20H16BrN3O. The average molecular weight is 394 g/mol. The minimum Gasteiger partial charge on any atom is -0.342 e. The Hall–Kier alpha value is -2.53. The highest BCUT2D eigenvalue weighted by molar-refractivity contribution is 9.10.